The molecule has 6 heteroatoms. The smallest absolute Gasteiger partial charge is 0.164 e. The predicted molar refractivity (Wildman–Crippen MR) is 117 cm³/mol. The lowest BCUT2D eigenvalue weighted by molar-refractivity contribution is -0.0367. The lowest BCUT2D eigenvalue weighted by Crippen LogP contribution is -2.43. The average Bonchev–Trinajstić information content (AvgIpc) is 2.76. The van der Waals surface area contributed by atoms with Crippen LogP contribution >= 0.6 is 0 Å². The Labute approximate surface area is 182 Å². The van der Waals surface area contributed by atoms with Crippen molar-refractivity contribution in [3.05, 3.63) is 47.0 Å². The number of hydrogen-bond donors (Lipinski definition) is 0. The van der Waals surface area contributed by atoms with E-state index in [0.29, 0.717) is 24.7 Å². The Bertz CT molecular complexity index is 1040. The first-order valence-corrected chi connectivity index (χ1v) is 10.7. The van der Waals surface area contributed by atoms with Crippen LogP contribution in [0.15, 0.2) is 30.3 Å². The Kier molecular flexibility index (Phi) is 4.77. The second-order valence-electron chi connectivity index (χ2n) is 8.55. The largest absolute Gasteiger partial charge is 0.493 e. The third-order valence-corrected chi connectivity index (χ3v) is 6.14. The van der Waals surface area contributed by atoms with Gasteiger partial charge in [-0.05, 0) is 51.1 Å². The van der Waals surface area contributed by atoms with Crippen molar-refractivity contribution in [1.82, 2.24) is 0 Å². The summed E-state index contributed by atoms with van der Waals surface area (Å²) in [6, 6.07) is 7.95. The van der Waals surface area contributed by atoms with Crippen molar-refractivity contribution in [1.29, 1.82) is 0 Å². The summed E-state index contributed by atoms with van der Waals surface area (Å²) in [6.07, 6.45) is 3.79. The van der Waals surface area contributed by atoms with E-state index in [2.05, 4.69) is 18.2 Å². The van der Waals surface area contributed by atoms with Crippen molar-refractivity contribution in [2.45, 2.75) is 44.5 Å². The van der Waals surface area contributed by atoms with Gasteiger partial charge in [0.05, 0.1) is 31.8 Å². The Morgan fingerprint density at radius 3 is 2.55 bits per heavy atom. The summed E-state index contributed by atoms with van der Waals surface area (Å²) in [5, 5.41) is 0. The van der Waals surface area contributed by atoms with Gasteiger partial charge in [-0.15, -0.1) is 0 Å². The zero-order valence-corrected chi connectivity index (χ0v) is 18.6. The minimum absolute atomic E-state index is 0.0287. The summed E-state index contributed by atoms with van der Waals surface area (Å²) in [7, 11) is 3.26. The standard InChI is InChI=1S/C25H28O6/c1-6-28-24-15-7-8-17-14(9-10-25(2,3)31-17)23(15)30-21-13-29-18-12-20(27-5)19(26-4)11-16(18)22(21)24/h7-12,21-22,24H,6,13H2,1-5H3/t21?,22-,24+/m0/s1. The number of ether oxygens (including phenoxy) is 6. The number of methoxy groups -OCH3 is 2. The van der Waals surface area contributed by atoms with Crippen molar-refractivity contribution in [2.75, 3.05) is 27.4 Å². The molecule has 31 heavy (non-hydrogen) atoms. The Balaban J connectivity index is 1.64. The van der Waals surface area contributed by atoms with Gasteiger partial charge in [0, 0.05) is 23.8 Å². The molecule has 0 amide bonds. The highest BCUT2D eigenvalue weighted by Gasteiger charge is 2.46. The summed E-state index contributed by atoms with van der Waals surface area (Å²) in [6.45, 7) is 7.12. The van der Waals surface area contributed by atoms with Crippen LogP contribution in [0.4, 0.5) is 0 Å². The molecule has 2 aromatic rings. The van der Waals surface area contributed by atoms with Crippen LogP contribution in [0.1, 0.15) is 49.5 Å². The minimum Gasteiger partial charge on any atom is -0.493 e. The molecule has 0 aliphatic carbocycles. The van der Waals surface area contributed by atoms with E-state index in [9.17, 15) is 0 Å². The fourth-order valence-corrected chi connectivity index (χ4v) is 4.72. The van der Waals surface area contributed by atoms with Crippen molar-refractivity contribution < 1.29 is 28.4 Å². The SMILES string of the molecule is CCO[C@@H]1c2ccc3c(c2OC2COc4cc(OC)c(OC)cc4[C@@H]21)C=CC(C)(C)O3. The van der Waals surface area contributed by atoms with Crippen LogP contribution in [0.25, 0.3) is 6.08 Å². The lowest BCUT2D eigenvalue weighted by atomic mass is 9.79. The van der Waals surface area contributed by atoms with Crippen molar-refractivity contribution in [3.8, 4) is 28.7 Å². The Hall–Kier alpha value is -2.86. The number of hydrogen-bond acceptors (Lipinski definition) is 6. The molecule has 0 spiro atoms. The molecule has 0 fully saturated rings. The molecule has 0 saturated heterocycles. The van der Waals surface area contributed by atoms with E-state index < -0.39 is 0 Å². The second kappa shape index (κ2) is 7.38. The van der Waals surface area contributed by atoms with E-state index in [1.807, 2.05) is 39.0 Å². The number of benzene rings is 2. The number of rotatable bonds is 4. The maximum Gasteiger partial charge on any atom is 0.164 e. The van der Waals surface area contributed by atoms with Gasteiger partial charge in [0.1, 0.15) is 35.6 Å². The summed E-state index contributed by atoms with van der Waals surface area (Å²) in [5.74, 6) is 3.69. The third kappa shape index (κ3) is 3.21. The molecule has 0 aromatic heterocycles. The van der Waals surface area contributed by atoms with Crippen LogP contribution in [-0.4, -0.2) is 39.1 Å². The van der Waals surface area contributed by atoms with E-state index in [0.717, 1.165) is 33.9 Å². The number of fused-ring (bicyclic) bond motifs is 6. The Morgan fingerprint density at radius 1 is 1.03 bits per heavy atom. The van der Waals surface area contributed by atoms with Gasteiger partial charge in [-0.2, -0.15) is 0 Å². The van der Waals surface area contributed by atoms with E-state index in [1.165, 1.54) is 0 Å². The van der Waals surface area contributed by atoms with E-state index in [-0.39, 0.29) is 23.7 Å². The maximum absolute atomic E-state index is 6.56. The van der Waals surface area contributed by atoms with Gasteiger partial charge in [-0.1, -0.05) is 0 Å². The summed E-state index contributed by atoms with van der Waals surface area (Å²) in [5.41, 5.74) is 2.64. The van der Waals surface area contributed by atoms with Crippen molar-refractivity contribution in [2.24, 2.45) is 0 Å². The van der Waals surface area contributed by atoms with Crippen molar-refractivity contribution >= 4 is 6.08 Å². The normalized spacial score (nSPS) is 24.4. The molecular weight excluding hydrogens is 396 g/mol. The average molecular weight is 424 g/mol. The highest BCUT2D eigenvalue weighted by atomic mass is 16.6. The first kappa shape index (κ1) is 20.1. The summed E-state index contributed by atoms with van der Waals surface area (Å²) >= 11 is 0. The monoisotopic (exact) mass is 424 g/mol. The summed E-state index contributed by atoms with van der Waals surface area (Å²) < 4.78 is 36.1. The molecule has 0 bridgehead atoms. The van der Waals surface area contributed by atoms with Crippen LogP contribution in [-0.2, 0) is 4.74 Å². The van der Waals surface area contributed by atoms with Crippen LogP contribution in [0, 0.1) is 0 Å². The van der Waals surface area contributed by atoms with Gasteiger partial charge in [0.25, 0.3) is 0 Å². The van der Waals surface area contributed by atoms with Gasteiger partial charge >= 0.3 is 0 Å². The van der Waals surface area contributed by atoms with Gasteiger partial charge in [-0.25, -0.2) is 0 Å². The van der Waals surface area contributed by atoms with E-state index in [1.54, 1.807) is 14.2 Å². The molecule has 6 nitrogen and oxygen atoms in total. The first-order chi connectivity index (χ1) is 15.0. The molecule has 3 aliphatic rings. The van der Waals surface area contributed by atoms with Crippen LogP contribution < -0.4 is 23.7 Å². The van der Waals surface area contributed by atoms with E-state index >= 15 is 0 Å². The highest BCUT2D eigenvalue weighted by molar-refractivity contribution is 5.70. The third-order valence-electron chi connectivity index (χ3n) is 6.14. The van der Waals surface area contributed by atoms with Crippen LogP contribution in [0.3, 0.4) is 0 Å². The molecule has 0 saturated carbocycles. The zero-order valence-electron chi connectivity index (χ0n) is 18.6. The molecule has 3 atom stereocenters. The fraction of sp³-hybridized carbons (Fsp3) is 0.440. The molecule has 3 aliphatic heterocycles. The van der Waals surface area contributed by atoms with Crippen LogP contribution in [0.2, 0.25) is 0 Å². The Morgan fingerprint density at radius 2 is 1.81 bits per heavy atom. The molecule has 0 N–H and O–H groups in total. The van der Waals surface area contributed by atoms with Gasteiger partial charge in [0.2, 0.25) is 0 Å². The predicted octanol–water partition coefficient (Wildman–Crippen LogP) is 4.90. The molecule has 5 rings (SSSR count). The zero-order chi connectivity index (χ0) is 21.8. The van der Waals surface area contributed by atoms with Crippen molar-refractivity contribution in [3.63, 3.8) is 0 Å². The molecular formula is C25H28O6. The summed E-state index contributed by atoms with van der Waals surface area (Å²) in [4.78, 5) is 0. The topological polar surface area (TPSA) is 55.4 Å². The minimum atomic E-state index is -0.347. The molecule has 3 heterocycles. The quantitative estimate of drug-likeness (QED) is 0.696. The van der Waals surface area contributed by atoms with Crippen LogP contribution in [0.5, 0.6) is 28.7 Å². The molecule has 0 radical (unpaired) electrons. The maximum atomic E-state index is 6.56. The van der Waals surface area contributed by atoms with Gasteiger partial charge in [0.15, 0.2) is 11.5 Å². The molecule has 164 valence electrons. The molecule has 1 unspecified atom stereocenters. The first-order valence-electron chi connectivity index (χ1n) is 10.7. The molecule has 2 aromatic carbocycles. The van der Waals surface area contributed by atoms with Gasteiger partial charge in [-0.3, -0.25) is 0 Å². The lowest BCUT2D eigenvalue weighted by Gasteiger charge is -2.43. The highest BCUT2D eigenvalue weighted by Crippen LogP contribution is 2.54. The van der Waals surface area contributed by atoms with E-state index in [4.69, 9.17) is 28.4 Å². The van der Waals surface area contributed by atoms with Gasteiger partial charge < -0.3 is 28.4 Å². The fourth-order valence-electron chi connectivity index (χ4n) is 4.72. The second-order valence-corrected chi connectivity index (χ2v) is 8.55.